The number of hydrogen-bond donors (Lipinski definition) is 2. The number of aryl methyl sites for hydroxylation is 8. The van der Waals surface area contributed by atoms with Gasteiger partial charge in [0, 0.05) is 5.92 Å². The standard InChI is InChI=1S/C43H48O6S2/c1-9-32-21-36(13-11-34(32)23-40-28(5)17-26(3)18-29(40)6)43(39-16-15-38(50(44,45)46)25-42(39)51(47,48)49)37-14-12-35(33(10-2)22-37)24-41-30(7)19-27(4)20-31(41)8/h11-22,25,43H,9-10,23-24H2,1-8H3,(H,44,45,46)(H,47,48,49). The molecule has 0 aliphatic carbocycles. The fourth-order valence-corrected chi connectivity index (χ4v) is 9.04. The molecule has 0 aliphatic heterocycles. The molecule has 5 aromatic rings. The summed E-state index contributed by atoms with van der Waals surface area (Å²) in [6.45, 7) is 16.9. The second-order valence-corrected chi connectivity index (χ2v) is 16.8. The second-order valence-electron chi connectivity index (χ2n) is 14.0. The van der Waals surface area contributed by atoms with E-state index in [-0.39, 0.29) is 5.56 Å². The van der Waals surface area contributed by atoms with E-state index in [0.29, 0.717) is 0 Å². The molecule has 6 nitrogen and oxygen atoms in total. The summed E-state index contributed by atoms with van der Waals surface area (Å²) in [6, 6.07) is 24.6. The lowest BCUT2D eigenvalue weighted by atomic mass is 9.81. The molecule has 0 bridgehead atoms. The van der Waals surface area contributed by atoms with E-state index in [1.807, 2.05) is 12.1 Å². The maximum Gasteiger partial charge on any atom is 0.294 e. The van der Waals surface area contributed by atoms with Gasteiger partial charge in [0.05, 0.1) is 9.79 Å². The number of rotatable bonds is 11. The van der Waals surface area contributed by atoms with Crippen molar-refractivity contribution in [1.82, 2.24) is 0 Å². The van der Waals surface area contributed by atoms with Crippen molar-refractivity contribution in [1.29, 1.82) is 0 Å². The lowest BCUT2D eigenvalue weighted by Crippen LogP contribution is -2.13. The molecular weight excluding hydrogens is 677 g/mol. The molecule has 0 aliphatic rings. The van der Waals surface area contributed by atoms with Crippen molar-refractivity contribution in [2.45, 2.75) is 96.8 Å². The number of benzene rings is 5. The van der Waals surface area contributed by atoms with Crippen molar-refractivity contribution >= 4 is 20.2 Å². The molecule has 5 rings (SSSR count). The van der Waals surface area contributed by atoms with E-state index < -0.39 is 35.9 Å². The van der Waals surface area contributed by atoms with Gasteiger partial charge in [0.25, 0.3) is 20.2 Å². The van der Waals surface area contributed by atoms with Crippen LogP contribution in [0.5, 0.6) is 0 Å². The van der Waals surface area contributed by atoms with Crippen molar-refractivity contribution in [3.8, 4) is 0 Å². The minimum absolute atomic E-state index is 0.213. The minimum Gasteiger partial charge on any atom is -0.282 e. The zero-order chi connectivity index (χ0) is 37.4. The van der Waals surface area contributed by atoms with E-state index in [2.05, 4.69) is 104 Å². The SMILES string of the molecule is CCc1cc(C(c2ccc(Cc3c(C)cc(C)cc3C)c(CC)c2)c2ccc(S(=O)(=O)O)cc2S(=O)(=O)O)ccc1Cc1c(C)cc(C)cc1C. The Kier molecular flexibility index (Phi) is 11.1. The first-order chi connectivity index (χ1) is 23.9. The molecule has 0 atom stereocenters. The highest BCUT2D eigenvalue weighted by Crippen LogP contribution is 2.39. The normalized spacial score (nSPS) is 12.1. The van der Waals surface area contributed by atoms with Gasteiger partial charge >= 0.3 is 0 Å². The zero-order valence-electron chi connectivity index (χ0n) is 30.8. The van der Waals surface area contributed by atoms with E-state index in [1.54, 1.807) is 0 Å². The summed E-state index contributed by atoms with van der Waals surface area (Å²) in [5.41, 5.74) is 16.3. The van der Waals surface area contributed by atoms with Crippen LogP contribution in [0.25, 0.3) is 0 Å². The van der Waals surface area contributed by atoms with E-state index in [9.17, 15) is 25.9 Å². The van der Waals surface area contributed by atoms with Crippen molar-refractivity contribution in [2.75, 3.05) is 0 Å². The predicted octanol–water partition coefficient (Wildman–Crippen LogP) is 9.52. The Labute approximate surface area is 304 Å². The Morgan fingerprint density at radius 1 is 0.510 bits per heavy atom. The molecule has 2 N–H and O–H groups in total. The predicted molar refractivity (Wildman–Crippen MR) is 206 cm³/mol. The van der Waals surface area contributed by atoms with E-state index in [1.165, 1.54) is 67.8 Å². The first-order valence-corrected chi connectivity index (χ1v) is 20.2. The van der Waals surface area contributed by atoms with Gasteiger partial charge in [0.1, 0.15) is 0 Å². The van der Waals surface area contributed by atoms with E-state index >= 15 is 0 Å². The Bertz CT molecular complexity index is 2200. The highest BCUT2D eigenvalue weighted by Gasteiger charge is 2.28. The van der Waals surface area contributed by atoms with E-state index in [4.69, 9.17) is 0 Å². The molecule has 0 saturated heterocycles. The molecule has 0 saturated carbocycles. The Morgan fingerprint density at radius 2 is 0.922 bits per heavy atom. The summed E-state index contributed by atoms with van der Waals surface area (Å²) in [7, 11) is -9.65. The van der Waals surface area contributed by atoms with Crippen LogP contribution in [0.4, 0.5) is 0 Å². The third-order valence-corrected chi connectivity index (χ3v) is 11.9. The largest absolute Gasteiger partial charge is 0.294 e. The lowest BCUT2D eigenvalue weighted by molar-refractivity contribution is 0.480. The third-order valence-electron chi connectivity index (χ3n) is 10.2. The monoisotopic (exact) mass is 724 g/mol. The van der Waals surface area contributed by atoms with Gasteiger partial charge in [-0.1, -0.05) is 91.7 Å². The molecule has 268 valence electrons. The summed E-state index contributed by atoms with van der Waals surface area (Å²) in [5.74, 6) is -0.679. The molecule has 0 unspecified atom stereocenters. The summed E-state index contributed by atoms with van der Waals surface area (Å²) in [6.07, 6.45) is 2.97. The highest BCUT2D eigenvalue weighted by atomic mass is 32.2. The molecule has 8 heteroatoms. The molecule has 0 fully saturated rings. The topological polar surface area (TPSA) is 109 Å². The van der Waals surface area contributed by atoms with Crippen LogP contribution in [0, 0.1) is 41.5 Å². The van der Waals surface area contributed by atoms with Gasteiger partial charge in [0.15, 0.2) is 0 Å². The fraction of sp³-hybridized carbons (Fsp3) is 0.302. The van der Waals surface area contributed by atoms with Crippen LogP contribution in [0.1, 0.15) is 103 Å². The summed E-state index contributed by atoms with van der Waals surface area (Å²) in [4.78, 5) is -1.18. The molecule has 5 aromatic carbocycles. The molecule has 0 aromatic heterocycles. The lowest BCUT2D eigenvalue weighted by Gasteiger charge is -2.24. The quantitative estimate of drug-likeness (QED) is 0.104. The molecule has 0 spiro atoms. The van der Waals surface area contributed by atoms with Crippen LogP contribution in [0.3, 0.4) is 0 Å². The van der Waals surface area contributed by atoms with Gasteiger partial charge in [-0.05, 0) is 152 Å². The van der Waals surface area contributed by atoms with Crippen molar-refractivity contribution < 1.29 is 25.9 Å². The van der Waals surface area contributed by atoms with Gasteiger partial charge in [-0.2, -0.15) is 16.8 Å². The molecular formula is C43H48O6S2. The number of hydrogen-bond acceptors (Lipinski definition) is 4. The first-order valence-electron chi connectivity index (χ1n) is 17.4. The van der Waals surface area contributed by atoms with Crippen LogP contribution < -0.4 is 0 Å². The maximum absolute atomic E-state index is 12.9. The molecule has 51 heavy (non-hydrogen) atoms. The average Bonchev–Trinajstić information content (AvgIpc) is 3.04. The van der Waals surface area contributed by atoms with Gasteiger partial charge in [0.2, 0.25) is 0 Å². The molecule has 0 heterocycles. The first kappa shape index (κ1) is 38.2. The van der Waals surface area contributed by atoms with Crippen molar-refractivity contribution in [3.05, 3.63) is 162 Å². The zero-order valence-corrected chi connectivity index (χ0v) is 32.4. The van der Waals surface area contributed by atoms with Gasteiger partial charge < -0.3 is 0 Å². The van der Waals surface area contributed by atoms with Crippen LogP contribution >= 0.6 is 0 Å². The van der Waals surface area contributed by atoms with Crippen LogP contribution in [0.15, 0.2) is 88.7 Å². The van der Waals surface area contributed by atoms with Gasteiger partial charge in [-0.3, -0.25) is 9.11 Å². The molecule has 0 amide bonds. The van der Waals surface area contributed by atoms with Crippen molar-refractivity contribution in [3.63, 3.8) is 0 Å². The summed E-state index contributed by atoms with van der Waals surface area (Å²) in [5, 5.41) is 0. The van der Waals surface area contributed by atoms with E-state index in [0.717, 1.165) is 54.0 Å². The summed E-state index contributed by atoms with van der Waals surface area (Å²) < 4.78 is 70.3. The van der Waals surface area contributed by atoms with Crippen LogP contribution in [-0.2, 0) is 45.9 Å². The smallest absolute Gasteiger partial charge is 0.282 e. The third kappa shape index (κ3) is 8.36. The Hall–Kier alpha value is -4.08. The van der Waals surface area contributed by atoms with Crippen LogP contribution in [-0.4, -0.2) is 25.9 Å². The summed E-state index contributed by atoms with van der Waals surface area (Å²) >= 11 is 0. The van der Waals surface area contributed by atoms with Crippen LogP contribution in [0.2, 0.25) is 0 Å². The fourth-order valence-electron chi connectivity index (χ4n) is 7.70. The minimum atomic E-state index is -4.91. The maximum atomic E-state index is 12.9. The van der Waals surface area contributed by atoms with Gasteiger partial charge in [-0.15, -0.1) is 0 Å². The average molecular weight is 725 g/mol. The van der Waals surface area contributed by atoms with Gasteiger partial charge in [-0.25, -0.2) is 0 Å². The Morgan fingerprint density at radius 3 is 1.27 bits per heavy atom. The second kappa shape index (κ2) is 14.9. The molecule has 0 radical (unpaired) electrons. The van der Waals surface area contributed by atoms with Crippen molar-refractivity contribution in [2.24, 2.45) is 0 Å². The highest BCUT2D eigenvalue weighted by molar-refractivity contribution is 7.86. The Balaban J connectivity index is 1.71.